The Hall–Kier alpha value is -0.450. The van der Waals surface area contributed by atoms with Crippen LogP contribution in [0.5, 0.6) is 0 Å². The van der Waals surface area contributed by atoms with Crippen molar-refractivity contribution < 1.29 is 0 Å². The van der Waals surface area contributed by atoms with Crippen LogP contribution in [0.2, 0.25) is 0 Å². The lowest BCUT2D eigenvalue weighted by molar-refractivity contribution is 0.264. The fourth-order valence-corrected chi connectivity index (χ4v) is 2.55. The lowest BCUT2D eigenvalue weighted by atomic mass is 10.2. The molecule has 1 fully saturated rings. The number of hydrogen-bond donors (Lipinski definition) is 1. The SMILES string of the molecule is CC1CN(Cc2cncc(Br)c2)CCCN1. The quantitative estimate of drug-likeness (QED) is 0.900. The molecule has 3 nitrogen and oxygen atoms in total. The fourth-order valence-electron chi connectivity index (χ4n) is 2.14. The monoisotopic (exact) mass is 283 g/mol. The van der Waals surface area contributed by atoms with Gasteiger partial charge in [0.15, 0.2) is 0 Å². The van der Waals surface area contributed by atoms with Crippen LogP contribution >= 0.6 is 15.9 Å². The molecule has 1 atom stereocenters. The van der Waals surface area contributed by atoms with E-state index in [9.17, 15) is 0 Å². The van der Waals surface area contributed by atoms with Gasteiger partial charge in [0, 0.05) is 36.0 Å². The predicted octanol–water partition coefficient (Wildman–Crippen LogP) is 2.03. The highest BCUT2D eigenvalue weighted by Crippen LogP contribution is 2.12. The third-order valence-corrected chi connectivity index (χ3v) is 3.28. The van der Waals surface area contributed by atoms with Crippen molar-refractivity contribution in [2.45, 2.75) is 25.9 Å². The summed E-state index contributed by atoms with van der Waals surface area (Å²) in [6.45, 7) is 6.67. The lowest BCUT2D eigenvalue weighted by Crippen LogP contribution is -2.34. The van der Waals surface area contributed by atoms with Gasteiger partial charge in [-0.1, -0.05) is 0 Å². The second-order valence-electron chi connectivity index (χ2n) is 4.46. The molecule has 88 valence electrons. The molecule has 0 aliphatic carbocycles. The molecule has 16 heavy (non-hydrogen) atoms. The fraction of sp³-hybridized carbons (Fsp3) is 0.583. The number of hydrogen-bond acceptors (Lipinski definition) is 3. The van der Waals surface area contributed by atoms with Gasteiger partial charge in [-0.3, -0.25) is 9.88 Å². The molecule has 0 aromatic carbocycles. The maximum Gasteiger partial charge on any atom is 0.0410 e. The Morgan fingerprint density at radius 2 is 2.44 bits per heavy atom. The topological polar surface area (TPSA) is 28.2 Å². The summed E-state index contributed by atoms with van der Waals surface area (Å²) >= 11 is 3.46. The smallest absolute Gasteiger partial charge is 0.0410 e. The summed E-state index contributed by atoms with van der Waals surface area (Å²) in [5.41, 5.74) is 1.28. The van der Waals surface area contributed by atoms with E-state index in [2.05, 4.69) is 44.1 Å². The van der Waals surface area contributed by atoms with Crippen LogP contribution in [-0.2, 0) is 6.54 Å². The Morgan fingerprint density at radius 1 is 1.56 bits per heavy atom. The van der Waals surface area contributed by atoms with Gasteiger partial charge in [-0.15, -0.1) is 0 Å². The Balaban J connectivity index is 1.97. The predicted molar refractivity (Wildman–Crippen MR) is 69.3 cm³/mol. The van der Waals surface area contributed by atoms with Crippen molar-refractivity contribution >= 4 is 15.9 Å². The van der Waals surface area contributed by atoms with E-state index in [0.29, 0.717) is 6.04 Å². The van der Waals surface area contributed by atoms with Crippen molar-refractivity contribution in [2.75, 3.05) is 19.6 Å². The first kappa shape index (κ1) is 12.0. The summed E-state index contributed by atoms with van der Waals surface area (Å²) in [4.78, 5) is 6.70. The van der Waals surface area contributed by atoms with Crippen molar-refractivity contribution in [2.24, 2.45) is 0 Å². The highest BCUT2D eigenvalue weighted by Gasteiger charge is 2.14. The van der Waals surface area contributed by atoms with Crippen molar-refractivity contribution in [3.05, 3.63) is 28.5 Å². The molecule has 0 saturated carbocycles. The van der Waals surface area contributed by atoms with Gasteiger partial charge < -0.3 is 5.32 Å². The Labute approximate surface area is 105 Å². The minimum absolute atomic E-state index is 0.586. The van der Waals surface area contributed by atoms with Crippen molar-refractivity contribution in [3.8, 4) is 0 Å². The molecule has 1 aromatic heterocycles. The highest BCUT2D eigenvalue weighted by molar-refractivity contribution is 9.10. The average Bonchev–Trinajstić information content (AvgIpc) is 2.43. The molecule has 1 saturated heterocycles. The van der Waals surface area contributed by atoms with Crippen LogP contribution < -0.4 is 5.32 Å². The Kier molecular flexibility index (Phi) is 4.32. The summed E-state index contributed by atoms with van der Waals surface area (Å²) in [6.07, 6.45) is 5.01. The van der Waals surface area contributed by atoms with Crippen LogP contribution in [0.15, 0.2) is 22.9 Å². The summed E-state index contributed by atoms with van der Waals surface area (Å²) in [5, 5.41) is 3.51. The van der Waals surface area contributed by atoms with Gasteiger partial charge in [0.1, 0.15) is 0 Å². The number of pyridine rings is 1. The molecule has 1 aliphatic rings. The Morgan fingerprint density at radius 3 is 3.25 bits per heavy atom. The molecule has 0 bridgehead atoms. The number of aromatic nitrogens is 1. The van der Waals surface area contributed by atoms with E-state index >= 15 is 0 Å². The molecule has 0 spiro atoms. The summed E-state index contributed by atoms with van der Waals surface area (Å²) in [7, 11) is 0. The normalized spacial score (nSPS) is 23.0. The zero-order valence-corrected chi connectivity index (χ0v) is 11.2. The van der Waals surface area contributed by atoms with Crippen molar-refractivity contribution in [3.63, 3.8) is 0 Å². The van der Waals surface area contributed by atoms with E-state index in [1.165, 1.54) is 18.5 Å². The van der Waals surface area contributed by atoms with Crippen LogP contribution in [0.3, 0.4) is 0 Å². The molecular formula is C12H18BrN3. The standard InChI is InChI=1S/C12H18BrN3/c1-10-8-16(4-2-3-15-10)9-11-5-12(13)7-14-6-11/h5-7,10,15H,2-4,8-9H2,1H3. The minimum atomic E-state index is 0.586. The molecule has 2 rings (SSSR count). The van der Waals surface area contributed by atoms with Crippen LogP contribution in [0.1, 0.15) is 18.9 Å². The third kappa shape index (κ3) is 3.54. The highest BCUT2D eigenvalue weighted by atomic mass is 79.9. The van der Waals surface area contributed by atoms with E-state index in [0.717, 1.165) is 24.1 Å². The molecular weight excluding hydrogens is 266 g/mol. The van der Waals surface area contributed by atoms with Crippen molar-refractivity contribution in [1.82, 2.24) is 15.2 Å². The summed E-state index contributed by atoms with van der Waals surface area (Å²) in [5.74, 6) is 0. The Bertz CT molecular complexity index is 343. The second-order valence-corrected chi connectivity index (χ2v) is 5.37. The van der Waals surface area contributed by atoms with E-state index in [1.54, 1.807) is 0 Å². The zero-order chi connectivity index (χ0) is 11.4. The molecule has 0 radical (unpaired) electrons. The second kappa shape index (κ2) is 5.75. The van der Waals surface area contributed by atoms with Gasteiger partial charge in [-0.2, -0.15) is 0 Å². The first-order valence-electron chi connectivity index (χ1n) is 5.79. The maximum absolute atomic E-state index is 4.20. The summed E-state index contributed by atoms with van der Waals surface area (Å²) in [6, 6.07) is 2.73. The van der Waals surface area contributed by atoms with Gasteiger partial charge in [0.25, 0.3) is 0 Å². The van der Waals surface area contributed by atoms with E-state index in [1.807, 2.05) is 12.4 Å². The summed E-state index contributed by atoms with van der Waals surface area (Å²) < 4.78 is 1.06. The maximum atomic E-state index is 4.20. The van der Waals surface area contributed by atoms with Crippen LogP contribution in [-0.4, -0.2) is 35.6 Å². The molecule has 1 aliphatic heterocycles. The molecule has 1 N–H and O–H groups in total. The number of nitrogens with zero attached hydrogens (tertiary/aromatic N) is 2. The molecule has 0 amide bonds. The van der Waals surface area contributed by atoms with E-state index in [-0.39, 0.29) is 0 Å². The van der Waals surface area contributed by atoms with Crippen LogP contribution in [0.4, 0.5) is 0 Å². The number of rotatable bonds is 2. The molecule has 4 heteroatoms. The van der Waals surface area contributed by atoms with E-state index < -0.39 is 0 Å². The first-order chi connectivity index (χ1) is 7.74. The number of nitrogens with one attached hydrogen (secondary N) is 1. The van der Waals surface area contributed by atoms with Crippen molar-refractivity contribution in [1.29, 1.82) is 0 Å². The zero-order valence-electron chi connectivity index (χ0n) is 9.62. The lowest BCUT2D eigenvalue weighted by Gasteiger charge is -2.22. The van der Waals surface area contributed by atoms with Crippen LogP contribution in [0, 0.1) is 0 Å². The minimum Gasteiger partial charge on any atom is -0.313 e. The van der Waals surface area contributed by atoms with Crippen LogP contribution in [0.25, 0.3) is 0 Å². The van der Waals surface area contributed by atoms with Gasteiger partial charge in [0.05, 0.1) is 0 Å². The molecule has 1 unspecified atom stereocenters. The largest absolute Gasteiger partial charge is 0.313 e. The molecule has 2 heterocycles. The first-order valence-corrected chi connectivity index (χ1v) is 6.58. The van der Waals surface area contributed by atoms with Gasteiger partial charge in [0.2, 0.25) is 0 Å². The third-order valence-electron chi connectivity index (χ3n) is 2.84. The molecule has 1 aromatic rings. The van der Waals surface area contributed by atoms with E-state index in [4.69, 9.17) is 0 Å². The average molecular weight is 284 g/mol. The van der Waals surface area contributed by atoms with Gasteiger partial charge in [-0.25, -0.2) is 0 Å². The van der Waals surface area contributed by atoms with Gasteiger partial charge in [-0.05, 0) is 54.0 Å². The number of halogens is 1. The van der Waals surface area contributed by atoms with Gasteiger partial charge >= 0.3 is 0 Å².